The molecule has 126 valence electrons. The van der Waals surface area contributed by atoms with Crippen molar-refractivity contribution in [2.24, 2.45) is 5.92 Å². The molecule has 2 atom stereocenters. The molecule has 0 aliphatic heterocycles. The standard InChI is InChI=1S/C18H17Cl2NO3/c1-23-16-9-15(17(24-2)8-14(16)20)21-18(22)12-7-11(12)10-5-3-4-6-13(10)19/h3-6,8-9,11-12H,7H2,1-2H3,(H,21,22). The molecule has 6 heteroatoms. The van der Waals surface area contributed by atoms with E-state index in [0.717, 1.165) is 12.0 Å². The van der Waals surface area contributed by atoms with Gasteiger partial charge in [-0.3, -0.25) is 4.79 Å². The number of ether oxygens (including phenoxy) is 2. The van der Waals surface area contributed by atoms with E-state index in [2.05, 4.69) is 5.32 Å². The van der Waals surface area contributed by atoms with E-state index >= 15 is 0 Å². The van der Waals surface area contributed by atoms with Crippen LogP contribution in [-0.4, -0.2) is 20.1 Å². The first kappa shape index (κ1) is 16.9. The first-order chi connectivity index (χ1) is 11.5. The Morgan fingerprint density at radius 1 is 1.08 bits per heavy atom. The maximum Gasteiger partial charge on any atom is 0.228 e. The quantitative estimate of drug-likeness (QED) is 0.831. The normalized spacial score (nSPS) is 18.8. The summed E-state index contributed by atoms with van der Waals surface area (Å²) in [6.45, 7) is 0. The van der Waals surface area contributed by atoms with E-state index < -0.39 is 0 Å². The van der Waals surface area contributed by atoms with Gasteiger partial charge in [0.2, 0.25) is 5.91 Å². The highest BCUT2D eigenvalue weighted by atomic mass is 35.5. The van der Waals surface area contributed by atoms with Crippen molar-refractivity contribution in [3.8, 4) is 11.5 Å². The zero-order valence-electron chi connectivity index (χ0n) is 13.3. The lowest BCUT2D eigenvalue weighted by Gasteiger charge is -2.13. The second kappa shape index (κ2) is 6.91. The summed E-state index contributed by atoms with van der Waals surface area (Å²) in [7, 11) is 3.05. The molecule has 0 saturated heterocycles. The first-order valence-electron chi connectivity index (χ1n) is 7.52. The number of carbonyl (C=O) groups is 1. The van der Waals surface area contributed by atoms with E-state index in [4.69, 9.17) is 32.7 Å². The van der Waals surface area contributed by atoms with Gasteiger partial charge in [-0.15, -0.1) is 0 Å². The Morgan fingerprint density at radius 3 is 2.46 bits per heavy atom. The van der Waals surface area contributed by atoms with E-state index in [1.54, 1.807) is 12.1 Å². The summed E-state index contributed by atoms with van der Waals surface area (Å²) in [6, 6.07) is 10.9. The van der Waals surface area contributed by atoms with Gasteiger partial charge in [-0.2, -0.15) is 0 Å². The number of nitrogens with one attached hydrogen (secondary N) is 1. The first-order valence-corrected chi connectivity index (χ1v) is 8.27. The van der Waals surface area contributed by atoms with Crippen LogP contribution in [0.4, 0.5) is 5.69 Å². The molecular weight excluding hydrogens is 349 g/mol. The fourth-order valence-electron chi connectivity index (χ4n) is 2.79. The highest BCUT2D eigenvalue weighted by Gasteiger charge is 2.45. The molecule has 2 unspecified atom stereocenters. The molecule has 1 aliphatic rings. The molecule has 24 heavy (non-hydrogen) atoms. The Labute approximate surface area is 150 Å². The van der Waals surface area contributed by atoms with Crippen LogP contribution in [0.15, 0.2) is 36.4 Å². The van der Waals surface area contributed by atoms with Crippen LogP contribution < -0.4 is 14.8 Å². The Hall–Kier alpha value is -1.91. The second-order valence-corrected chi connectivity index (χ2v) is 6.46. The summed E-state index contributed by atoms with van der Waals surface area (Å²) in [4.78, 5) is 12.5. The second-order valence-electron chi connectivity index (χ2n) is 5.65. The predicted molar refractivity (Wildman–Crippen MR) is 95.5 cm³/mol. The Morgan fingerprint density at radius 2 is 1.79 bits per heavy atom. The fraction of sp³-hybridized carbons (Fsp3) is 0.278. The largest absolute Gasteiger partial charge is 0.495 e. The topological polar surface area (TPSA) is 47.6 Å². The van der Waals surface area contributed by atoms with Crippen LogP contribution in [0.1, 0.15) is 17.9 Å². The summed E-state index contributed by atoms with van der Waals surface area (Å²) < 4.78 is 10.5. The average molecular weight is 366 g/mol. The molecule has 0 spiro atoms. The molecule has 3 rings (SSSR count). The van der Waals surface area contributed by atoms with E-state index in [1.807, 2.05) is 24.3 Å². The molecule has 1 fully saturated rings. The number of carbonyl (C=O) groups excluding carboxylic acids is 1. The predicted octanol–water partition coefficient (Wildman–Crippen LogP) is 4.75. The van der Waals surface area contributed by atoms with Crippen molar-refractivity contribution in [2.45, 2.75) is 12.3 Å². The van der Waals surface area contributed by atoms with Crippen LogP contribution in [0, 0.1) is 5.92 Å². The van der Waals surface area contributed by atoms with E-state index in [0.29, 0.717) is 27.2 Å². The van der Waals surface area contributed by atoms with Gasteiger partial charge in [-0.25, -0.2) is 0 Å². The molecule has 0 radical (unpaired) electrons. The highest BCUT2D eigenvalue weighted by Crippen LogP contribution is 2.50. The van der Waals surface area contributed by atoms with Crippen molar-refractivity contribution in [3.63, 3.8) is 0 Å². The number of methoxy groups -OCH3 is 2. The van der Waals surface area contributed by atoms with Gasteiger partial charge in [0, 0.05) is 23.1 Å². The smallest absolute Gasteiger partial charge is 0.228 e. The maximum atomic E-state index is 12.5. The van der Waals surface area contributed by atoms with E-state index in [1.165, 1.54) is 14.2 Å². The average Bonchev–Trinajstić information content (AvgIpc) is 3.37. The minimum Gasteiger partial charge on any atom is -0.495 e. The lowest BCUT2D eigenvalue weighted by Crippen LogP contribution is -2.15. The van der Waals surface area contributed by atoms with E-state index in [9.17, 15) is 4.79 Å². The molecule has 4 nitrogen and oxygen atoms in total. The zero-order chi connectivity index (χ0) is 17.3. The molecule has 0 aromatic heterocycles. The van der Waals surface area contributed by atoms with Gasteiger partial charge in [-0.05, 0) is 24.0 Å². The summed E-state index contributed by atoms with van der Waals surface area (Å²) in [5.74, 6) is 0.952. The molecule has 1 aliphatic carbocycles. The SMILES string of the molecule is COc1cc(NC(=O)C2CC2c2ccccc2Cl)c(OC)cc1Cl. The van der Waals surface area contributed by atoms with Crippen molar-refractivity contribution in [3.05, 3.63) is 52.0 Å². The van der Waals surface area contributed by atoms with Crippen LogP contribution in [0.25, 0.3) is 0 Å². The summed E-state index contributed by atoms with van der Waals surface area (Å²) >= 11 is 12.3. The number of hydrogen-bond acceptors (Lipinski definition) is 3. The van der Waals surface area contributed by atoms with Gasteiger partial charge in [0.15, 0.2) is 0 Å². The molecule has 2 aromatic carbocycles. The fourth-order valence-corrected chi connectivity index (χ4v) is 3.29. The highest BCUT2D eigenvalue weighted by molar-refractivity contribution is 6.32. The van der Waals surface area contributed by atoms with Gasteiger partial charge < -0.3 is 14.8 Å². The number of halogens is 2. The van der Waals surface area contributed by atoms with Gasteiger partial charge in [0.25, 0.3) is 0 Å². The number of rotatable bonds is 5. The van der Waals surface area contributed by atoms with Crippen molar-refractivity contribution in [2.75, 3.05) is 19.5 Å². The molecule has 1 saturated carbocycles. The molecule has 1 N–H and O–H groups in total. The number of anilines is 1. The Kier molecular flexibility index (Phi) is 4.88. The summed E-state index contributed by atoms with van der Waals surface area (Å²) in [6.07, 6.45) is 0.780. The van der Waals surface area contributed by atoms with Crippen LogP contribution in [0.3, 0.4) is 0 Å². The third kappa shape index (κ3) is 3.30. The minimum atomic E-state index is -0.101. The molecule has 0 heterocycles. The zero-order valence-corrected chi connectivity index (χ0v) is 14.8. The van der Waals surface area contributed by atoms with Gasteiger partial charge in [0.1, 0.15) is 11.5 Å². The monoisotopic (exact) mass is 365 g/mol. The third-order valence-electron chi connectivity index (χ3n) is 4.16. The number of amides is 1. The van der Waals surface area contributed by atoms with E-state index in [-0.39, 0.29) is 17.7 Å². The lowest BCUT2D eigenvalue weighted by atomic mass is 10.1. The van der Waals surface area contributed by atoms with Crippen LogP contribution >= 0.6 is 23.2 Å². The summed E-state index contributed by atoms with van der Waals surface area (Å²) in [5, 5.41) is 4.02. The maximum absolute atomic E-state index is 12.5. The Bertz CT molecular complexity index is 779. The van der Waals surface area contributed by atoms with Crippen molar-refractivity contribution in [1.29, 1.82) is 0 Å². The third-order valence-corrected chi connectivity index (χ3v) is 4.80. The summed E-state index contributed by atoms with van der Waals surface area (Å²) in [5.41, 5.74) is 1.55. The van der Waals surface area contributed by atoms with Gasteiger partial charge in [-0.1, -0.05) is 41.4 Å². The van der Waals surface area contributed by atoms with Crippen molar-refractivity contribution < 1.29 is 14.3 Å². The van der Waals surface area contributed by atoms with Crippen LogP contribution in [0.2, 0.25) is 10.0 Å². The molecular formula is C18H17Cl2NO3. The van der Waals surface area contributed by atoms with Crippen LogP contribution in [0.5, 0.6) is 11.5 Å². The number of hydrogen-bond donors (Lipinski definition) is 1. The van der Waals surface area contributed by atoms with Crippen molar-refractivity contribution in [1.82, 2.24) is 0 Å². The molecule has 0 bridgehead atoms. The lowest BCUT2D eigenvalue weighted by molar-refractivity contribution is -0.117. The Balaban J connectivity index is 1.76. The van der Waals surface area contributed by atoms with Gasteiger partial charge >= 0.3 is 0 Å². The number of benzene rings is 2. The minimum absolute atomic E-state index is 0.0670. The van der Waals surface area contributed by atoms with Crippen molar-refractivity contribution >= 4 is 34.8 Å². The molecule has 1 amide bonds. The van der Waals surface area contributed by atoms with Crippen LogP contribution in [-0.2, 0) is 4.79 Å². The molecule has 2 aromatic rings. The van der Waals surface area contributed by atoms with Gasteiger partial charge in [0.05, 0.1) is 24.9 Å².